The second-order valence-corrected chi connectivity index (χ2v) is 12.7. The topological polar surface area (TPSA) is 169 Å². The highest BCUT2D eigenvalue weighted by Gasteiger charge is 2.32. The van der Waals surface area contributed by atoms with Gasteiger partial charge in [0.2, 0.25) is 11.8 Å². The predicted octanol–water partition coefficient (Wildman–Crippen LogP) is 4.71. The third kappa shape index (κ3) is 11.6. The molecule has 0 radical (unpaired) electrons. The van der Waals surface area contributed by atoms with Crippen molar-refractivity contribution in [3.63, 3.8) is 0 Å². The highest BCUT2D eigenvalue weighted by atomic mass is 16.6. The molecule has 0 saturated carbocycles. The molecule has 0 bridgehead atoms. The van der Waals surface area contributed by atoms with Gasteiger partial charge in [0.25, 0.3) is 0 Å². The molecule has 3 aromatic carbocycles. The summed E-state index contributed by atoms with van der Waals surface area (Å²) < 4.78 is 16.6. The summed E-state index contributed by atoms with van der Waals surface area (Å²) in [6.07, 6.45) is 2.56. The molecule has 3 aromatic rings. The van der Waals surface area contributed by atoms with Gasteiger partial charge >= 0.3 is 18.0 Å². The van der Waals surface area contributed by atoms with E-state index in [2.05, 4.69) is 29.1 Å². The van der Waals surface area contributed by atoms with Crippen molar-refractivity contribution in [2.24, 2.45) is 5.92 Å². The molecular formula is C41H47N3O9. The van der Waals surface area contributed by atoms with Crippen LogP contribution in [0.3, 0.4) is 0 Å². The van der Waals surface area contributed by atoms with E-state index < -0.39 is 60.5 Å². The van der Waals surface area contributed by atoms with E-state index >= 15 is 0 Å². The monoisotopic (exact) mass is 725 g/mol. The number of nitrogens with one attached hydrogen (secondary N) is 3. The van der Waals surface area contributed by atoms with Crippen LogP contribution in [-0.4, -0.2) is 72.9 Å². The largest absolute Gasteiger partial charge is 0.461 e. The Hall–Kier alpha value is -5.75. The van der Waals surface area contributed by atoms with E-state index in [0.29, 0.717) is 12.0 Å². The standard InChI is InChI=1S/C41H47N3O9/c1-4-6-21-35(44-41(50)53-25-34-32-19-12-10-17-30(32)31-18-11-13-20-33(31)34)39(48)52-26-36(40(49)51-24-28-15-8-7-9-16-28)43-38(47)29(14-5-2)22-37(46)42-27(3)23-45/h4-5,7-13,15-20,27,29,34-36,45H,1-2,6,14,21-26H2,3H3,(H,42,46)(H,43,47)(H,44,50)/t27-,29-,35-,36+/m0/s1. The van der Waals surface area contributed by atoms with Gasteiger partial charge in [-0.15, -0.1) is 13.2 Å². The first-order valence-electron chi connectivity index (χ1n) is 17.6. The minimum absolute atomic E-state index is 0.0350. The lowest BCUT2D eigenvalue weighted by molar-refractivity contribution is -0.156. The molecule has 1 aliphatic carbocycles. The lowest BCUT2D eigenvalue weighted by Crippen LogP contribution is -2.49. The molecule has 1 aliphatic rings. The number of aliphatic hydroxyl groups excluding tert-OH is 1. The van der Waals surface area contributed by atoms with Crippen LogP contribution in [0.15, 0.2) is 104 Å². The van der Waals surface area contributed by atoms with Crippen molar-refractivity contribution >= 4 is 29.8 Å². The molecule has 3 amide bonds. The molecular weight excluding hydrogens is 678 g/mol. The molecule has 0 fully saturated rings. The Morgan fingerprint density at radius 1 is 0.774 bits per heavy atom. The van der Waals surface area contributed by atoms with Crippen LogP contribution in [0, 0.1) is 5.92 Å². The average Bonchev–Trinajstić information content (AvgIpc) is 3.49. The van der Waals surface area contributed by atoms with Crippen molar-refractivity contribution in [2.45, 2.75) is 63.3 Å². The fraction of sp³-hybridized carbons (Fsp3) is 0.341. The van der Waals surface area contributed by atoms with E-state index in [9.17, 15) is 29.1 Å². The molecule has 4 N–H and O–H groups in total. The first-order chi connectivity index (χ1) is 25.6. The number of rotatable bonds is 20. The smallest absolute Gasteiger partial charge is 0.407 e. The number of alkyl carbamates (subject to hydrolysis) is 1. The summed E-state index contributed by atoms with van der Waals surface area (Å²) in [6, 6.07) is 21.6. The van der Waals surface area contributed by atoms with Gasteiger partial charge in [-0.3, -0.25) is 9.59 Å². The van der Waals surface area contributed by atoms with Crippen LogP contribution >= 0.6 is 0 Å². The maximum absolute atomic E-state index is 13.4. The number of benzene rings is 3. The molecule has 0 spiro atoms. The number of amides is 3. The highest BCUT2D eigenvalue weighted by molar-refractivity contribution is 5.90. The zero-order valence-electron chi connectivity index (χ0n) is 29.8. The van der Waals surface area contributed by atoms with Crippen LogP contribution in [0.5, 0.6) is 0 Å². The van der Waals surface area contributed by atoms with E-state index in [-0.39, 0.29) is 45.0 Å². The second-order valence-electron chi connectivity index (χ2n) is 12.7. The normalized spacial score (nSPS) is 13.8. The molecule has 4 atom stereocenters. The van der Waals surface area contributed by atoms with Crippen LogP contribution in [0.25, 0.3) is 11.1 Å². The van der Waals surface area contributed by atoms with Gasteiger partial charge in [0.1, 0.15) is 25.9 Å². The van der Waals surface area contributed by atoms with Crippen molar-refractivity contribution in [3.8, 4) is 11.1 Å². The van der Waals surface area contributed by atoms with Gasteiger partial charge in [0.05, 0.1) is 12.5 Å². The van der Waals surface area contributed by atoms with Crippen molar-refractivity contribution in [1.29, 1.82) is 0 Å². The maximum atomic E-state index is 13.4. The Balaban J connectivity index is 1.42. The zero-order valence-corrected chi connectivity index (χ0v) is 29.8. The van der Waals surface area contributed by atoms with Crippen molar-refractivity contribution in [1.82, 2.24) is 16.0 Å². The van der Waals surface area contributed by atoms with Gasteiger partial charge in [-0.1, -0.05) is 91.0 Å². The molecule has 0 aliphatic heterocycles. The molecule has 0 unspecified atom stereocenters. The van der Waals surface area contributed by atoms with Crippen LogP contribution in [-0.2, 0) is 40.0 Å². The number of hydrogen-bond donors (Lipinski definition) is 4. The maximum Gasteiger partial charge on any atom is 0.407 e. The van der Waals surface area contributed by atoms with E-state index in [4.69, 9.17) is 14.2 Å². The summed E-state index contributed by atoms with van der Waals surface area (Å²) in [4.78, 5) is 65.7. The van der Waals surface area contributed by atoms with Gasteiger partial charge in [-0.2, -0.15) is 0 Å². The molecule has 12 nitrogen and oxygen atoms in total. The number of esters is 2. The zero-order chi connectivity index (χ0) is 38.2. The summed E-state index contributed by atoms with van der Waals surface area (Å²) >= 11 is 0. The van der Waals surface area contributed by atoms with Crippen molar-refractivity contribution < 1.29 is 43.3 Å². The fourth-order valence-electron chi connectivity index (χ4n) is 5.96. The van der Waals surface area contributed by atoms with E-state index in [1.807, 2.05) is 54.6 Å². The fourth-order valence-corrected chi connectivity index (χ4v) is 5.96. The number of allylic oxidation sites excluding steroid dienone is 2. The summed E-state index contributed by atoms with van der Waals surface area (Å²) in [5.74, 6) is -4.00. The first-order valence-corrected chi connectivity index (χ1v) is 17.6. The highest BCUT2D eigenvalue weighted by Crippen LogP contribution is 2.44. The lowest BCUT2D eigenvalue weighted by atomic mass is 9.98. The average molecular weight is 726 g/mol. The predicted molar refractivity (Wildman–Crippen MR) is 198 cm³/mol. The lowest BCUT2D eigenvalue weighted by Gasteiger charge is -2.23. The minimum Gasteiger partial charge on any atom is -0.461 e. The van der Waals surface area contributed by atoms with E-state index in [0.717, 1.165) is 22.3 Å². The summed E-state index contributed by atoms with van der Waals surface area (Å²) in [6.45, 7) is 7.99. The Morgan fingerprint density at radius 2 is 1.40 bits per heavy atom. The number of aliphatic hydroxyl groups is 1. The van der Waals surface area contributed by atoms with Crippen LogP contribution in [0.4, 0.5) is 4.79 Å². The molecule has 0 saturated heterocycles. The van der Waals surface area contributed by atoms with Gasteiger partial charge in [0.15, 0.2) is 6.04 Å². The van der Waals surface area contributed by atoms with E-state index in [1.165, 1.54) is 6.08 Å². The Bertz CT molecular complexity index is 1700. The number of carbonyl (C=O) groups is 5. The molecule has 280 valence electrons. The second kappa shape index (κ2) is 20.3. The molecule has 4 rings (SSSR count). The molecule has 0 heterocycles. The van der Waals surface area contributed by atoms with Crippen molar-refractivity contribution in [3.05, 3.63) is 121 Å². The molecule has 0 aromatic heterocycles. The minimum atomic E-state index is -1.45. The quantitative estimate of drug-likeness (QED) is 0.0732. The number of ether oxygens (including phenoxy) is 3. The number of fused-ring (bicyclic) bond motifs is 3. The van der Waals surface area contributed by atoms with Crippen LogP contribution < -0.4 is 16.0 Å². The molecule has 53 heavy (non-hydrogen) atoms. The van der Waals surface area contributed by atoms with Crippen molar-refractivity contribution in [2.75, 3.05) is 19.8 Å². The van der Waals surface area contributed by atoms with Gasteiger partial charge in [-0.05, 0) is 54.0 Å². The Morgan fingerprint density at radius 3 is 2.02 bits per heavy atom. The third-order valence-corrected chi connectivity index (χ3v) is 8.73. The summed E-state index contributed by atoms with van der Waals surface area (Å²) in [7, 11) is 0. The number of carbonyl (C=O) groups excluding carboxylic acids is 5. The SMILES string of the molecule is C=CCC[C@H](NC(=O)OCC1c2ccccc2-c2ccccc21)C(=O)OC[C@@H](NC(=O)[C@@H](CC=C)CC(=O)N[C@@H](C)CO)C(=O)OCc1ccccc1. The van der Waals surface area contributed by atoms with Gasteiger partial charge in [0, 0.05) is 18.4 Å². The van der Waals surface area contributed by atoms with Gasteiger partial charge in [-0.25, -0.2) is 14.4 Å². The van der Waals surface area contributed by atoms with Crippen LogP contribution in [0.1, 0.15) is 55.2 Å². The molecule has 12 heteroatoms. The summed E-state index contributed by atoms with van der Waals surface area (Å²) in [5.41, 5.74) is 4.91. The first kappa shape index (κ1) is 40.0. The Labute approximate surface area is 309 Å². The van der Waals surface area contributed by atoms with Crippen LogP contribution in [0.2, 0.25) is 0 Å². The third-order valence-electron chi connectivity index (χ3n) is 8.73. The Kier molecular flexibility index (Phi) is 15.4. The van der Waals surface area contributed by atoms with Gasteiger partial charge < -0.3 is 35.3 Å². The van der Waals surface area contributed by atoms with E-state index in [1.54, 1.807) is 37.3 Å². The number of hydrogen-bond acceptors (Lipinski definition) is 9. The summed E-state index contributed by atoms with van der Waals surface area (Å²) in [5, 5.41) is 17.0.